The van der Waals surface area contributed by atoms with E-state index in [2.05, 4.69) is 39.1 Å². The highest BCUT2D eigenvalue weighted by Crippen LogP contribution is 2.44. The van der Waals surface area contributed by atoms with Crippen molar-refractivity contribution in [1.29, 1.82) is 5.26 Å². The fourth-order valence-corrected chi connectivity index (χ4v) is 6.45. The van der Waals surface area contributed by atoms with Crippen molar-refractivity contribution in [3.63, 3.8) is 0 Å². The number of hydrogen-bond donors (Lipinski definition) is 1. The molecule has 0 bridgehead atoms. The molecule has 0 aromatic heterocycles. The predicted octanol–water partition coefficient (Wildman–Crippen LogP) is 8.38. The van der Waals surface area contributed by atoms with Gasteiger partial charge in [0.15, 0.2) is 0 Å². The van der Waals surface area contributed by atoms with Crippen LogP contribution < -0.4 is 14.8 Å². The molecular formula is C33H37F3N2O4S. The Morgan fingerprint density at radius 3 is 2.47 bits per heavy atom. The van der Waals surface area contributed by atoms with E-state index in [1.807, 2.05) is 0 Å². The number of unbranched alkanes of at least 4 members (excludes halogenated alkanes) is 4. The Hall–Kier alpha value is -3.45. The Bertz CT molecular complexity index is 1480. The van der Waals surface area contributed by atoms with Gasteiger partial charge in [0.2, 0.25) is 0 Å². The maximum Gasteiger partial charge on any atom is 0.419 e. The van der Waals surface area contributed by atoms with Gasteiger partial charge in [-0.2, -0.15) is 18.4 Å². The smallest absolute Gasteiger partial charge is 0.419 e. The summed E-state index contributed by atoms with van der Waals surface area (Å²) in [6.45, 7) is 9.02. The highest BCUT2D eigenvalue weighted by Gasteiger charge is 2.37. The molecule has 6 nitrogen and oxygen atoms in total. The number of nitriles is 1. The van der Waals surface area contributed by atoms with Crippen LogP contribution in [0.15, 0.2) is 23.1 Å². The average Bonchev–Trinajstić information content (AvgIpc) is 3.27. The Morgan fingerprint density at radius 2 is 1.79 bits per heavy atom. The molecule has 10 heteroatoms. The molecule has 2 aromatic carbocycles. The van der Waals surface area contributed by atoms with Crippen LogP contribution in [0, 0.1) is 37.5 Å². The monoisotopic (exact) mass is 614 g/mol. The van der Waals surface area contributed by atoms with Gasteiger partial charge in [-0.3, -0.25) is 14.9 Å². The predicted molar refractivity (Wildman–Crippen MR) is 161 cm³/mol. The molecule has 1 atom stereocenters. The summed E-state index contributed by atoms with van der Waals surface area (Å²) in [4.78, 5) is 23.3. The first-order valence-corrected chi connectivity index (χ1v) is 15.3. The molecule has 1 N–H and O–H groups in total. The number of thioether (sulfide) groups is 1. The summed E-state index contributed by atoms with van der Waals surface area (Å²) in [5.74, 6) is 0.0367. The van der Waals surface area contributed by atoms with Crippen LogP contribution in [-0.4, -0.2) is 24.4 Å². The van der Waals surface area contributed by atoms with E-state index in [-0.39, 0.29) is 28.2 Å². The van der Waals surface area contributed by atoms with E-state index >= 15 is 0 Å². The molecule has 0 spiro atoms. The third kappa shape index (κ3) is 7.74. The third-order valence-corrected chi connectivity index (χ3v) is 9.16. The van der Waals surface area contributed by atoms with Gasteiger partial charge in [0.05, 0.1) is 29.8 Å². The lowest BCUT2D eigenvalue weighted by Gasteiger charge is -2.37. The van der Waals surface area contributed by atoms with Gasteiger partial charge in [0.1, 0.15) is 11.5 Å². The minimum Gasteiger partial charge on any atom is -0.493 e. The van der Waals surface area contributed by atoms with Gasteiger partial charge in [0.25, 0.3) is 11.1 Å². The molecule has 0 saturated carbocycles. The number of nitrogens with one attached hydrogen (secondary N) is 1. The number of ether oxygens (including phenoxy) is 2. The molecule has 1 unspecified atom stereocenters. The quantitative estimate of drug-likeness (QED) is 0.202. The number of rotatable bonds is 11. The van der Waals surface area contributed by atoms with Crippen LogP contribution >= 0.6 is 11.8 Å². The highest BCUT2D eigenvalue weighted by molar-refractivity contribution is 8.18. The number of amides is 2. The number of hydrogen-bond acceptors (Lipinski definition) is 6. The largest absolute Gasteiger partial charge is 0.493 e. The number of benzene rings is 2. The van der Waals surface area contributed by atoms with Gasteiger partial charge in [-0.1, -0.05) is 25.8 Å². The molecule has 1 saturated heterocycles. The van der Waals surface area contributed by atoms with E-state index in [4.69, 9.17) is 14.7 Å². The van der Waals surface area contributed by atoms with Gasteiger partial charge in [0, 0.05) is 11.8 Å². The zero-order valence-corrected chi connectivity index (χ0v) is 25.8. The molecule has 4 rings (SSSR count). The molecule has 230 valence electrons. The molecule has 1 heterocycles. The fraction of sp³-hybridized carbons (Fsp3) is 0.485. The number of nitrogens with zero attached hydrogens (tertiary/aromatic N) is 1. The Kier molecular flexibility index (Phi) is 10.2. The van der Waals surface area contributed by atoms with Crippen LogP contribution in [-0.2, 0) is 23.8 Å². The van der Waals surface area contributed by atoms with Crippen LogP contribution in [0.5, 0.6) is 11.5 Å². The second kappa shape index (κ2) is 13.5. The lowest BCUT2D eigenvalue weighted by atomic mass is 9.70. The molecule has 2 amide bonds. The molecule has 1 aliphatic carbocycles. The van der Waals surface area contributed by atoms with Gasteiger partial charge >= 0.3 is 6.18 Å². The van der Waals surface area contributed by atoms with Crippen molar-refractivity contribution in [2.24, 2.45) is 5.41 Å². The maximum atomic E-state index is 14.0. The van der Waals surface area contributed by atoms with Gasteiger partial charge in [-0.05, 0) is 116 Å². The SMILES string of the molecule is Cc1c(C)c(OCCCCCCC#N)c(C)c2c1CC(C)(COc1ccc(/C=C3/SC(=O)NC3=O)cc1C(F)(F)F)CC2. The average molecular weight is 615 g/mol. The van der Waals surface area contributed by atoms with E-state index in [9.17, 15) is 22.8 Å². The van der Waals surface area contributed by atoms with Crippen molar-refractivity contribution in [2.45, 2.75) is 85.2 Å². The number of imide groups is 1. The highest BCUT2D eigenvalue weighted by atomic mass is 32.2. The molecular weight excluding hydrogens is 577 g/mol. The first-order chi connectivity index (χ1) is 20.3. The van der Waals surface area contributed by atoms with Crippen LogP contribution in [0.2, 0.25) is 0 Å². The second-order valence-corrected chi connectivity index (χ2v) is 12.7. The standard InChI is InChI=1S/C33H37F3N2O4S/c1-20-21(2)29(41-15-9-7-5-6-8-14-37)22(3)24-12-13-32(4,18-25(20)24)19-42-27-11-10-23(16-26(27)33(34,35)36)17-28-30(39)38-31(40)43-28/h10-11,16-17H,5-9,12-13,15,18-19H2,1-4H3,(H,38,39,40)/b28-17+. The van der Waals surface area contributed by atoms with Crippen LogP contribution in [0.1, 0.15) is 84.4 Å². The van der Waals surface area contributed by atoms with Crippen molar-refractivity contribution in [2.75, 3.05) is 13.2 Å². The normalized spacial score (nSPS) is 19.3. The summed E-state index contributed by atoms with van der Waals surface area (Å²) in [6, 6.07) is 5.86. The summed E-state index contributed by atoms with van der Waals surface area (Å²) >= 11 is 0.653. The number of carbonyl (C=O) groups excluding carboxylic acids is 2. The lowest BCUT2D eigenvalue weighted by molar-refractivity contribution is -0.139. The summed E-state index contributed by atoms with van der Waals surface area (Å²) in [6.07, 6.45) is 3.31. The van der Waals surface area contributed by atoms with E-state index in [1.165, 1.54) is 29.3 Å². The number of halogens is 3. The van der Waals surface area contributed by atoms with Crippen LogP contribution in [0.3, 0.4) is 0 Å². The van der Waals surface area contributed by atoms with Crippen molar-refractivity contribution in [1.82, 2.24) is 5.32 Å². The maximum absolute atomic E-state index is 14.0. The first-order valence-electron chi connectivity index (χ1n) is 14.5. The summed E-state index contributed by atoms with van der Waals surface area (Å²) < 4.78 is 54.2. The van der Waals surface area contributed by atoms with E-state index in [0.717, 1.165) is 67.0 Å². The molecule has 1 aliphatic heterocycles. The molecule has 43 heavy (non-hydrogen) atoms. The van der Waals surface area contributed by atoms with E-state index in [0.29, 0.717) is 31.2 Å². The Morgan fingerprint density at radius 1 is 1.05 bits per heavy atom. The van der Waals surface area contributed by atoms with Crippen LogP contribution in [0.4, 0.5) is 18.0 Å². The van der Waals surface area contributed by atoms with Crippen molar-refractivity contribution in [3.8, 4) is 17.6 Å². The number of fused-ring (bicyclic) bond motifs is 1. The minimum atomic E-state index is -4.66. The molecule has 2 aromatic rings. The molecule has 2 aliphatic rings. The Balaban J connectivity index is 1.47. The third-order valence-electron chi connectivity index (χ3n) is 8.35. The second-order valence-electron chi connectivity index (χ2n) is 11.7. The fourth-order valence-electron chi connectivity index (χ4n) is 5.77. The van der Waals surface area contributed by atoms with Gasteiger partial charge < -0.3 is 9.47 Å². The zero-order valence-electron chi connectivity index (χ0n) is 25.0. The molecule has 1 fully saturated rings. The van der Waals surface area contributed by atoms with Crippen molar-refractivity contribution < 1.29 is 32.2 Å². The zero-order chi connectivity index (χ0) is 31.4. The number of alkyl halides is 3. The van der Waals surface area contributed by atoms with Gasteiger partial charge in [-0.25, -0.2) is 0 Å². The van der Waals surface area contributed by atoms with Crippen molar-refractivity contribution >= 4 is 29.0 Å². The van der Waals surface area contributed by atoms with Crippen molar-refractivity contribution in [3.05, 3.63) is 62.0 Å². The lowest BCUT2D eigenvalue weighted by Crippen LogP contribution is -2.33. The number of carbonyl (C=O) groups is 2. The summed E-state index contributed by atoms with van der Waals surface area (Å²) in [7, 11) is 0. The summed E-state index contributed by atoms with van der Waals surface area (Å²) in [5.41, 5.74) is 4.70. The summed E-state index contributed by atoms with van der Waals surface area (Å²) in [5, 5.41) is 10.2. The first kappa shape index (κ1) is 32.5. The van der Waals surface area contributed by atoms with Crippen LogP contribution in [0.25, 0.3) is 6.08 Å². The Labute approximate surface area is 255 Å². The topological polar surface area (TPSA) is 88.4 Å². The molecule has 0 radical (unpaired) electrons. The van der Waals surface area contributed by atoms with Gasteiger partial charge in [-0.15, -0.1) is 0 Å². The minimum absolute atomic E-state index is 0.0432. The van der Waals surface area contributed by atoms with E-state index in [1.54, 1.807) is 0 Å². The van der Waals surface area contributed by atoms with E-state index < -0.39 is 22.9 Å².